The summed E-state index contributed by atoms with van der Waals surface area (Å²) >= 11 is 3.48. The Labute approximate surface area is 294 Å². The molecule has 256 valence electrons. The smallest absolute Gasteiger partial charge is 0.244 e. The Balaban J connectivity index is 1.30. The lowest BCUT2D eigenvalue weighted by atomic mass is 9.48. The molecule has 3 aromatic rings. The molecule has 0 spiro atoms. The van der Waals surface area contributed by atoms with Gasteiger partial charge in [0.25, 0.3) is 0 Å². The average molecular weight is 735 g/mol. The summed E-state index contributed by atoms with van der Waals surface area (Å²) in [6.07, 6.45) is 9.18. The first-order valence-corrected chi connectivity index (χ1v) is 20.0. The third-order valence-electron chi connectivity index (χ3n) is 10.7. The molecule has 4 saturated carbocycles. The summed E-state index contributed by atoms with van der Waals surface area (Å²) in [6, 6.07) is 24.4. The zero-order valence-corrected chi connectivity index (χ0v) is 30.7. The third-order valence-corrected chi connectivity index (χ3v) is 12.4. The molecule has 3 aromatic carbocycles. The van der Waals surface area contributed by atoms with E-state index in [1.807, 2.05) is 80.6 Å². The van der Waals surface area contributed by atoms with Crippen LogP contribution in [0.25, 0.3) is 0 Å². The topological polar surface area (TPSA) is 86.8 Å². The van der Waals surface area contributed by atoms with Crippen molar-refractivity contribution in [2.24, 2.45) is 23.7 Å². The molecule has 0 aliphatic heterocycles. The highest BCUT2D eigenvalue weighted by molar-refractivity contribution is 9.10. The Morgan fingerprint density at radius 1 is 0.854 bits per heavy atom. The number of nitrogens with one attached hydrogen (secondary N) is 1. The van der Waals surface area contributed by atoms with Crippen molar-refractivity contribution in [1.29, 1.82) is 0 Å². The second-order valence-electron chi connectivity index (χ2n) is 15.0. The fraction of sp³-hybridized carbons (Fsp3) is 0.487. The molecule has 4 aliphatic carbocycles. The van der Waals surface area contributed by atoms with Crippen molar-refractivity contribution in [3.05, 3.63) is 100 Å². The van der Waals surface area contributed by atoms with Gasteiger partial charge in [-0.25, -0.2) is 8.42 Å². The molecule has 0 heterocycles. The number of carbonyl (C=O) groups is 2. The van der Waals surface area contributed by atoms with Crippen LogP contribution in [0.5, 0.6) is 0 Å². The monoisotopic (exact) mass is 733 g/mol. The Bertz CT molecular complexity index is 1660. The number of halogens is 1. The Hall–Kier alpha value is -3.17. The van der Waals surface area contributed by atoms with Crippen LogP contribution in [0.1, 0.15) is 69.1 Å². The summed E-state index contributed by atoms with van der Waals surface area (Å²) in [5.41, 5.74) is 3.70. The van der Waals surface area contributed by atoms with E-state index in [2.05, 4.69) is 33.4 Å². The molecular formula is C39H48BrN3O4S. The van der Waals surface area contributed by atoms with Crippen LogP contribution in [0.4, 0.5) is 5.69 Å². The third kappa shape index (κ3) is 7.99. The highest BCUT2D eigenvalue weighted by atomic mass is 79.9. The normalized spacial score (nSPS) is 23.6. The number of nitrogens with zero attached hydrogens (tertiary/aromatic N) is 2. The average Bonchev–Trinajstić information content (AvgIpc) is 3.04. The van der Waals surface area contributed by atoms with Gasteiger partial charge in [0.05, 0.1) is 11.9 Å². The Morgan fingerprint density at radius 3 is 1.98 bits per heavy atom. The van der Waals surface area contributed by atoms with Gasteiger partial charge in [0.2, 0.25) is 21.8 Å². The minimum absolute atomic E-state index is 0.154. The maximum atomic E-state index is 14.4. The molecule has 7 rings (SSSR count). The first-order valence-electron chi connectivity index (χ1n) is 17.3. The molecule has 7 nitrogen and oxygen atoms in total. The van der Waals surface area contributed by atoms with E-state index in [9.17, 15) is 18.0 Å². The van der Waals surface area contributed by atoms with Gasteiger partial charge < -0.3 is 10.2 Å². The predicted molar refractivity (Wildman–Crippen MR) is 195 cm³/mol. The summed E-state index contributed by atoms with van der Waals surface area (Å²) in [4.78, 5) is 29.8. The molecule has 2 amide bonds. The van der Waals surface area contributed by atoms with Crippen LogP contribution in [-0.2, 0) is 38.0 Å². The van der Waals surface area contributed by atoms with Crippen molar-refractivity contribution < 1.29 is 18.0 Å². The number of hydrogen-bond acceptors (Lipinski definition) is 4. The molecule has 9 heteroatoms. The van der Waals surface area contributed by atoms with Crippen molar-refractivity contribution in [3.8, 4) is 0 Å². The van der Waals surface area contributed by atoms with E-state index in [0.717, 1.165) is 39.6 Å². The lowest BCUT2D eigenvalue weighted by molar-refractivity contribution is -0.140. The van der Waals surface area contributed by atoms with Gasteiger partial charge in [0, 0.05) is 24.0 Å². The molecule has 4 bridgehead atoms. The van der Waals surface area contributed by atoms with E-state index in [0.29, 0.717) is 18.7 Å². The summed E-state index contributed by atoms with van der Waals surface area (Å²) < 4.78 is 28.8. The molecule has 4 aliphatic rings. The van der Waals surface area contributed by atoms with Crippen LogP contribution < -0.4 is 9.62 Å². The minimum Gasteiger partial charge on any atom is -0.354 e. The zero-order chi connectivity index (χ0) is 34.1. The molecule has 0 radical (unpaired) electrons. The van der Waals surface area contributed by atoms with E-state index >= 15 is 0 Å². The molecule has 0 aromatic heterocycles. The maximum Gasteiger partial charge on any atom is 0.244 e. The van der Waals surface area contributed by atoms with E-state index in [1.54, 1.807) is 4.90 Å². The van der Waals surface area contributed by atoms with Crippen LogP contribution in [0, 0.1) is 23.7 Å². The summed E-state index contributed by atoms with van der Waals surface area (Å²) in [5, 5.41) is 3.04. The van der Waals surface area contributed by atoms with Crippen LogP contribution in [-0.4, -0.2) is 50.5 Å². The highest BCUT2D eigenvalue weighted by Crippen LogP contribution is 2.60. The van der Waals surface area contributed by atoms with Gasteiger partial charge >= 0.3 is 0 Å². The molecule has 1 N–H and O–H groups in total. The number of sulfonamides is 1. The predicted octanol–water partition coefficient (Wildman–Crippen LogP) is 7.10. The number of anilines is 1. The van der Waals surface area contributed by atoms with Crippen LogP contribution >= 0.6 is 15.9 Å². The minimum atomic E-state index is -3.83. The number of rotatable bonds is 13. The largest absolute Gasteiger partial charge is 0.354 e. The van der Waals surface area contributed by atoms with E-state index in [1.165, 1.54) is 48.4 Å². The van der Waals surface area contributed by atoms with Crippen molar-refractivity contribution in [2.45, 2.75) is 76.8 Å². The van der Waals surface area contributed by atoms with Crippen LogP contribution in [0.15, 0.2) is 83.3 Å². The van der Waals surface area contributed by atoms with Gasteiger partial charge in [0.15, 0.2) is 0 Å². The molecule has 4 fully saturated rings. The molecular weight excluding hydrogens is 686 g/mol. The summed E-state index contributed by atoms with van der Waals surface area (Å²) in [6.45, 7) is 4.26. The number of amides is 2. The Kier molecular flexibility index (Phi) is 10.4. The Morgan fingerprint density at radius 2 is 1.44 bits per heavy atom. The molecule has 48 heavy (non-hydrogen) atoms. The first-order chi connectivity index (χ1) is 22.9. The quantitative estimate of drug-likeness (QED) is 0.203. The lowest BCUT2D eigenvalue weighted by Gasteiger charge is -2.57. The van der Waals surface area contributed by atoms with Crippen LogP contribution in [0.3, 0.4) is 0 Å². The lowest BCUT2D eigenvalue weighted by Crippen LogP contribution is -2.53. The van der Waals surface area contributed by atoms with Gasteiger partial charge in [-0.15, -0.1) is 0 Å². The summed E-state index contributed by atoms with van der Waals surface area (Å²) in [7, 11) is -3.83. The second kappa shape index (κ2) is 14.4. The van der Waals surface area contributed by atoms with Crippen molar-refractivity contribution in [1.82, 2.24) is 10.2 Å². The highest BCUT2D eigenvalue weighted by Gasteiger charge is 2.51. The fourth-order valence-corrected chi connectivity index (χ4v) is 9.94. The second-order valence-corrected chi connectivity index (χ2v) is 17.8. The first kappa shape index (κ1) is 34.7. The van der Waals surface area contributed by atoms with E-state index in [4.69, 9.17) is 0 Å². The standard InChI is InChI=1S/C39H48BrN3O4S/c1-27(2)24-41-38(45)36(20-28-7-5-4-6-8-28)42(25-29-9-13-34(40)14-10-29)37(44)26-43(48(3,46)47)35-15-11-33(12-16-35)39-21-30-17-31(22-39)19-32(18-30)23-39/h4-16,27,30-32,36H,17-26H2,1-3H3,(H,41,45)/t30?,31?,32?,36-,39?/m0/s1. The van der Waals surface area contributed by atoms with Gasteiger partial charge in [-0.2, -0.15) is 0 Å². The molecule has 0 unspecified atom stereocenters. The maximum absolute atomic E-state index is 14.4. The van der Waals surface area contributed by atoms with E-state index < -0.39 is 28.5 Å². The zero-order valence-electron chi connectivity index (χ0n) is 28.3. The fourth-order valence-electron chi connectivity index (χ4n) is 8.82. The van der Waals surface area contributed by atoms with Gasteiger partial charge in [-0.1, -0.05) is 84.4 Å². The number of carbonyl (C=O) groups excluding carboxylic acids is 2. The van der Waals surface area contributed by atoms with Crippen LogP contribution in [0.2, 0.25) is 0 Å². The van der Waals surface area contributed by atoms with Gasteiger partial charge in [-0.05, 0) is 109 Å². The summed E-state index contributed by atoms with van der Waals surface area (Å²) in [5.74, 6) is 1.94. The van der Waals surface area contributed by atoms with Gasteiger partial charge in [0.1, 0.15) is 12.6 Å². The van der Waals surface area contributed by atoms with Crippen molar-refractivity contribution >= 4 is 43.5 Å². The van der Waals surface area contributed by atoms with Gasteiger partial charge in [-0.3, -0.25) is 13.9 Å². The number of hydrogen-bond donors (Lipinski definition) is 1. The number of benzene rings is 3. The molecule has 1 atom stereocenters. The van der Waals surface area contributed by atoms with Crippen molar-refractivity contribution in [3.63, 3.8) is 0 Å². The van der Waals surface area contributed by atoms with Crippen molar-refractivity contribution in [2.75, 3.05) is 23.7 Å². The van der Waals surface area contributed by atoms with E-state index in [-0.39, 0.29) is 23.8 Å². The molecule has 0 saturated heterocycles. The SMILES string of the molecule is CC(C)CNC(=O)[C@H](Cc1ccccc1)N(Cc1ccc(Br)cc1)C(=O)CN(c1ccc(C23CC4CC(CC(C4)C2)C3)cc1)S(C)(=O)=O.